The molecular weight excluding hydrogens is 244 g/mol. The zero-order chi connectivity index (χ0) is 14.4. The fraction of sp³-hybridized carbons (Fsp3) is 0.0667. The number of aliphatic hydroxyl groups excluding tert-OH is 1. The molecule has 0 unspecified atom stereocenters. The average Bonchev–Trinajstić information content (AvgIpc) is 2.38. The van der Waals surface area contributed by atoms with Crippen LogP contribution in [-0.2, 0) is 9.59 Å². The highest BCUT2D eigenvalue weighted by atomic mass is 16.4. The van der Waals surface area contributed by atoms with Gasteiger partial charge >= 0.3 is 5.97 Å². The first kappa shape index (κ1) is 14.4. The second kappa shape index (κ2) is 6.35. The number of aldehydes is 1. The van der Waals surface area contributed by atoms with Crippen LogP contribution in [0.1, 0.15) is 12.5 Å². The van der Waals surface area contributed by atoms with Gasteiger partial charge in [0.2, 0.25) is 0 Å². The number of carbonyl (C=O) groups excluding carboxylic acids is 1. The summed E-state index contributed by atoms with van der Waals surface area (Å²) in [5, 5.41) is 19.2. The maximum Gasteiger partial charge on any atom is 0.328 e. The van der Waals surface area contributed by atoms with Crippen LogP contribution in [0.25, 0.3) is 18.2 Å². The van der Waals surface area contributed by atoms with E-state index in [-0.39, 0.29) is 11.3 Å². The molecule has 4 nitrogen and oxygen atoms in total. The summed E-state index contributed by atoms with van der Waals surface area (Å²) in [6, 6.07) is 4.91. The summed E-state index contributed by atoms with van der Waals surface area (Å²) in [5.41, 5.74) is 0.808. The number of hydrogen-bond acceptors (Lipinski definition) is 3. The molecule has 0 aliphatic heterocycles. The number of carbonyl (C=O) groups is 2. The van der Waals surface area contributed by atoms with Gasteiger partial charge in [-0.1, -0.05) is 18.7 Å². The smallest absolute Gasteiger partial charge is 0.328 e. The monoisotopic (exact) mass is 258 g/mol. The highest BCUT2D eigenvalue weighted by Gasteiger charge is 2.02. The fourth-order valence-electron chi connectivity index (χ4n) is 1.56. The highest BCUT2D eigenvalue weighted by molar-refractivity contribution is 6.05. The maximum atomic E-state index is 11.0. The number of carboxylic acids is 1. The third-order valence-electron chi connectivity index (χ3n) is 2.51. The SMILES string of the molecule is C=c1cc(/C=C/C(=O)O)cc/c1=C(C=O)/C(O)=C\C. The van der Waals surface area contributed by atoms with Crippen molar-refractivity contribution in [2.45, 2.75) is 6.92 Å². The molecule has 0 heterocycles. The van der Waals surface area contributed by atoms with E-state index in [4.69, 9.17) is 5.11 Å². The maximum absolute atomic E-state index is 11.0. The van der Waals surface area contributed by atoms with Gasteiger partial charge in [-0.3, -0.25) is 4.79 Å². The Morgan fingerprint density at radius 1 is 1.32 bits per heavy atom. The topological polar surface area (TPSA) is 74.6 Å². The molecule has 0 fully saturated rings. The van der Waals surface area contributed by atoms with E-state index in [1.807, 2.05) is 0 Å². The molecule has 0 saturated heterocycles. The molecule has 98 valence electrons. The lowest BCUT2D eigenvalue weighted by atomic mass is 10.1. The molecule has 1 rings (SSSR count). The van der Waals surface area contributed by atoms with Gasteiger partial charge in [0.25, 0.3) is 0 Å². The molecular formula is C15H14O4. The van der Waals surface area contributed by atoms with Gasteiger partial charge in [-0.25, -0.2) is 4.79 Å². The number of carboxylic acid groups (broad SMARTS) is 1. The molecule has 0 spiro atoms. The minimum Gasteiger partial charge on any atom is -0.508 e. The Morgan fingerprint density at radius 3 is 2.47 bits per heavy atom. The van der Waals surface area contributed by atoms with Gasteiger partial charge in [0.1, 0.15) is 5.76 Å². The molecule has 0 aliphatic rings. The van der Waals surface area contributed by atoms with Crippen molar-refractivity contribution in [3.63, 3.8) is 0 Å². The summed E-state index contributed by atoms with van der Waals surface area (Å²) in [7, 11) is 0. The van der Waals surface area contributed by atoms with Crippen molar-refractivity contribution in [1.82, 2.24) is 0 Å². The van der Waals surface area contributed by atoms with Gasteiger partial charge in [0, 0.05) is 6.08 Å². The van der Waals surface area contributed by atoms with Crippen LogP contribution >= 0.6 is 0 Å². The van der Waals surface area contributed by atoms with Crippen molar-refractivity contribution in [3.8, 4) is 0 Å². The van der Waals surface area contributed by atoms with Crippen molar-refractivity contribution in [3.05, 3.63) is 52.1 Å². The largest absolute Gasteiger partial charge is 0.508 e. The molecule has 0 aromatic heterocycles. The van der Waals surface area contributed by atoms with Crippen LogP contribution in [0.15, 0.2) is 36.1 Å². The molecule has 0 radical (unpaired) electrons. The van der Waals surface area contributed by atoms with Crippen molar-refractivity contribution in [1.29, 1.82) is 0 Å². The van der Waals surface area contributed by atoms with E-state index in [1.54, 1.807) is 25.1 Å². The molecule has 0 bridgehead atoms. The zero-order valence-electron chi connectivity index (χ0n) is 10.5. The first-order valence-corrected chi connectivity index (χ1v) is 5.54. The first-order valence-electron chi connectivity index (χ1n) is 5.54. The van der Waals surface area contributed by atoms with Crippen LogP contribution in [0.3, 0.4) is 0 Å². The standard InChI is InChI=1S/C15H14O4/c1-3-14(17)13(9-16)12-6-4-11(8-10(12)2)5-7-15(18)19/h3-9,17H,2H2,1H3,(H,18,19)/b7-5+,13-12-,14-3+. The Bertz CT molecular complexity index is 666. The van der Waals surface area contributed by atoms with E-state index in [9.17, 15) is 14.7 Å². The van der Waals surface area contributed by atoms with Crippen LogP contribution in [0.2, 0.25) is 0 Å². The van der Waals surface area contributed by atoms with Gasteiger partial charge < -0.3 is 10.2 Å². The predicted molar refractivity (Wildman–Crippen MR) is 73.7 cm³/mol. The van der Waals surface area contributed by atoms with E-state index in [0.717, 1.165) is 6.08 Å². The molecule has 0 saturated carbocycles. The number of allylic oxidation sites excluding steroid dienone is 2. The van der Waals surface area contributed by atoms with E-state index in [0.29, 0.717) is 22.3 Å². The van der Waals surface area contributed by atoms with Crippen molar-refractivity contribution >= 4 is 30.5 Å². The van der Waals surface area contributed by atoms with Gasteiger partial charge in [-0.15, -0.1) is 0 Å². The first-order chi connectivity index (χ1) is 8.99. The molecule has 0 aliphatic carbocycles. The average molecular weight is 258 g/mol. The minimum atomic E-state index is -1.04. The molecule has 1 aromatic rings. The van der Waals surface area contributed by atoms with Crippen molar-refractivity contribution < 1.29 is 19.8 Å². The van der Waals surface area contributed by atoms with Gasteiger partial charge in [0.05, 0.1) is 5.57 Å². The number of rotatable bonds is 4. The number of aliphatic carboxylic acids is 1. The lowest BCUT2D eigenvalue weighted by Gasteiger charge is -2.00. The van der Waals surface area contributed by atoms with Crippen LogP contribution < -0.4 is 10.4 Å². The van der Waals surface area contributed by atoms with Gasteiger partial charge in [0.15, 0.2) is 6.29 Å². The van der Waals surface area contributed by atoms with Crippen molar-refractivity contribution in [2.75, 3.05) is 0 Å². The second-order valence-electron chi connectivity index (χ2n) is 3.79. The third-order valence-corrected chi connectivity index (χ3v) is 2.51. The Morgan fingerprint density at radius 2 is 2.00 bits per heavy atom. The summed E-state index contributed by atoms with van der Waals surface area (Å²) in [4.78, 5) is 21.4. The van der Waals surface area contributed by atoms with Gasteiger partial charge in [-0.05, 0) is 41.1 Å². The Kier molecular flexibility index (Phi) is 4.83. The lowest BCUT2D eigenvalue weighted by molar-refractivity contribution is -0.131. The van der Waals surface area contributed by atoms with E-state index in [2.05, 4.69) is 6.58 Å². The number of benzene rings is 1. The van der Waals surface area contributed by atoms with Gasteiger partial charge in [-0.2, -0.15) is 0 Å². The molecule has 19 heavy (non-hydrogen) atoms. The summed E-state index contributed by atoms with van der Waals surface area (Å²) in [6.45, 7) is 5.41. The fourth-order valence-corrected chi connectivity index (χ4v) is 1.56. The third kappa shape index (κ3) is 3.67. The summed E-state index contributed by atoms with van der Waals surface area (Å²) in [6.07, 6.45) is 4.42. The van der Waals surface area contributed by atoms with Crippen LogP contribution in [0.4, 0.5) is 0 Å². The van der Waals surface area contributed by atoms with Crippen LogP contribution in [-0.4, -0.2) is 22.5 Å². The Hall–Kier alpha value is -2.62. The normalized spacial score (nSPS) is 13.4. The van der Waals surface area contributed by atoms with E-state index in [1.165, 1.54) is 12.2 Å². The lowest BCUT2D eigenvalue weighted by Crippen LogP contribution is -2.27. The second-order valence-corrected chi connectivity index (χ2v) is 3.79. The van der Waals surface area contributed by atoms with Crippen LogP contribution in [0, 0.1) is 0 Å². The Balaban J connectivity index is 3.43. The quantitative estimate of drug-likeness (QED) is 0.480. The van der Waals surface area contributed by atoms with Crippen LogP contribution in [0.5, 0.6) is 0 Å². The molecule has 0 amide bonds. The molecule has 2 N–H and O–H groups in total. The Labute approximate surface area is 110 Å². The van der Waals surface area contributed by atoms with Crippen molar-refractivity contribution in [2.24, 2.45) is 0 Å². The minimum absolute atomic E-state index is 0.117. The summed E-state index contributed by atoms with van der Waals surface area (Å²) >= 11 is 0. The van der Waals surface area contributed by atoms with E-state index >= 15 is 0 Å². The molecule has 1 aromatic carbocycles. The summed E-state index contributed by atoms with van der Waals surface area (Å²) < 4.78 is 0. The predicted octanol–water partition coefficient (Wildman–Crippen LogP) is 1.01. The summed E-state index contributed by atoms with van der Waals surface area (Å²) in [5.74, 6) is -1.16. The highest BCUT2D eigenvalue weighted by Crippen LogP contribution is 2.02. The molecule has 4 heteroatoms. The number of hydrogen-bond donors (Lipinski definition) is 2. The molecule has 0 atom stereocenters. The zero-order valence-corrected chi connectivity index (χ0v) is 10.5. The number of aliphatic hydroxyl groups is 1. The van der Waals surface area contributed by atoms with E-state index < -0.39 is 5.97 Å².